The summed E-state index contributed by atoms with van der Waals surface area (Å²) < 4.78 is 16.9. The lowest BCUT2D eigenvalue weighted by Crippen LogP contribution is -2.30. The molecule has 0 fully saturated rings. The molecule has 0 spiro atoms. The van der Waals surface area contributed by atoms with Gasteiger partial charge < -0.3 is 14.2 Å². The molecule has 0 aromatic heterocycles. The van der Waals surface area contributed by atoms with Gasteiger partial charge in [-0.2, -0.15) is 0 Å². The Morgan fingerprint density at radius 2 is 0.594 bits per heavy atom. The lowest BCUT2D eigenvalue weighted by atomic mass is 9.99. The summed E-state index contributed by atoms with van der Waals surface area (Å²) in [5.41, 5.74) is 0. The van der Waals surface area contributed by atoms with E-state index in [-0.39, 0.29) is 31.1 Å². The van der Waals surface area contributed by atoms with Gasteiger partial charge in [-0.25, -0.2) is 0 Å². The topological polar surface area (TPSA) is 78.9 Å². The molecule has 0 bridgehead atoms. The summed E-state index contributed by atoms with van der Waals surface area (Å²) in [5.74, 6) is 0.873. The zero-order chi connectivity index (χ0) is 46.8. The van der Waals surface area contributed by atoms with E-state index in [4.69, 9.17) is 14.2 Å². The van der Waals surface area contributed by atoms with Crippen LogP contribution in [0.2, 0.25) is 0 Å². The molecular weight excluding hydrogens is 793 g/mol. The zero-order valence-corrected chi connectivity index (χ0v) is 43.9. The zero-order valence-electron chi connectivity index (χ0n) is 43.9. The minimum absolute atomic E-state index is 0.0631. The van der Waals surface area contributed by atoms with Crippen LogP contribution in [-0.4, -0.2) is 37.2 Å². The average Bonchev–Trinajstić information content (AvgIpc) is 3.28. The number of ether oxygens (including phenoxy) is 3. The largest absolute Gasteiger partial charge is 0.462 e. The van der Waals surface area contributed by atoms with Crippen molar-refractivity contribution in [2.24, 2.45) is 11.8 Å². The fourth-order valence-corrected chi connectivity index (χ4v) is 8.84. The Hall–Kier alpha value is -1.59. The number of hydrogen-bond donors (Lipinski definition) is 0. The number of esters is 3. The molecule has 380 valence electrons. The van der Waals surface area contributed by atoms with Crippen LogP contribution in [0.5, 0.6) is 0 Å². The Kier molecular flexibility index (Phi) is 49.6. The van der Waals surface area contributed by atoms with E-state index in [0.29, 0.717) is 19.3 Å². The maximum absolute atomic E-state index is 12.8. The Morgan fingerprint density at radius 1 is 0.328 bits per heavy atom. The molecule has 0 saturated heterocycles. The van der Waals surface area contributed by atoms with Crippen molar-refractivity contribution in [1.29, 1.82) is 0 Å². The van der Waals surface area contributed by atoms with Gasteiger partial charge in [-0.05, 0) is 31.1 Å². The van der Waals surface area contributed by atoms with Crippen LogP contribution in [0.15, 0.2) is 0 Å². The summed E-state index contributed by atoms with van der Waals surface area (Å²) in [7, 11) is 0. The molecule has 1 unspecified atom stereocenters. The summed E-state index contributed by atoms with van der Waals surface area (Å²) in [6.45, 7) is 11.4. The molecule has 64 heavy (non-hydrogen) atoms. The highest BCUT2D eigenvalue weighted by molar-refractivity contribution is 5.71. The lowest BCUT2D eigenvalue weighted by molar-refractivity contribution is -0.167. The van der Waals surface area contributed by atoms with Gasteiger partial charge in [-0.15, -0.1) is 0 Å². The molecule has 0 aliphatic heterocycles. The molecule has 0 N–H and O–H groups in total. The van der Waals surface area contributed by atoms with Gasteiger partial charge in [0.25, 0.3) is 0 Å². The molecule has 0 aromatic rings. The van der Waals surface area contributed by atoms with Crippen molar-refractivity contribution in [3.05, 3.63) is 0 Å². The van der Waals surface area contributed by atoms with Gasteiger partial charge in [0.2, 0.25) is 0 Å². The van der Waals surface area contributed by atoms with Gasteiger partial charge >= 0.3 is 17.9 Å². The second-order valence-electron chi connectivity index (χ2n) is 20.6. The first-order chi connectivity index (χ1) is 31.3. The fourth-order valence-electron chi connectivity index (χ4n) is 8.84. The molecule has 0 amide bonds. The molecule has 0 aliphatic rings. The molecule has 0 radical (unpaired) electrons. The van der Waals surface area contributed by atoms with Gasteiger partial charge in [0.1, 0.15) is 13.2 Å². The normalized spacial score (nSPS) is 12.5. The summed E-state index contributed by atoms with van der Waals surface area (Å²) in [6, 6.07) is 0. The quantitative estimate of drug-likeness (QED) is 0.0344. The van der Waals surface area contributed by atoms with Crippen molar-refractivity contribution in [2.75, 3.05) is 13.2 Å². The third kappa shape index (κ3) is 49.8. The van der Waals surface area contributed by atoms with Crippen molar-refractivity contribution in [2.45, 2.75) is 330 Å². The first-order valence-electron chi connectivity index (χ1n) is 28.8. The highest BCUT2D eigenvalue weighted by Gasteiger charge is 2.19. The van der Waals surface area contributed by atoms with E-state index in [1.165, 1.54) is 212 Å². The van der Waals surface area contributed by atoms with Gasteiger partial charge in [-0.1, -0.05) is 285 Å². The molecule has 0 aromatic carbocycles. The first kappa shape index (κ1) is 62.4. The third-order valence-electron chi connectivity index (χ3n) is 13.6. The summed E-state index contributed by atoms with van der Waals surface area (Å²) in [6.07, 6.45) is 53.8. The predicted octanol–water partition coefficient (Wildman–Crippen LogP) is 18.9. The Balaban J connectivity index is 4.20. The van der Waals surface area contributed by atoms with Crippen LogP contribution in [0.3, 0.4) is 0 Å². The fraction of sp³-hybridized carbons (Fsp3) is 0.948. The van der Waals surface area contributed by atoms with Crippen LogP contribution < -0.4 is 0 Å². The Bertz CT molecular complexity index is 980. The van der Waals surface area contributed by atoms with E-state index in [1.54, 1.807) is 0 Å². The predicted molar refractivity (Wildman–Crippen MR) is 275 cm³/mol. The van der Waals surface area contributed by atoms with E-state index in [2.05, 4.69) is 34.6 Å². The van der Waals surface area contributed by atoms with Crippen molar-refractivity contribution in [1.82, 2.24) is 0 Å². The van der Waals surface area contributed by atoms with Gasteiger partial charge in [-0.3, -0.25) is 14.4 Å². The molecule has 6 nitrogen and oxygen atoms in total. The number of unbranched alkanes of at least 4 members (excludes halogenated alkanes) is 36. The lowest BCUT2D eigenvalue weighted by Gasteiger charge is -2.18. The number of carbonyl (C=O) groups is 3. The van der Waals surface area contributed by atoms with Crippen molar-refractivity contribution < 1.29 is 28.6 Å². The maximum atomic E-state index is 12.8. The van der Waals surface area contributed by atoms with Crippen LogP contribution in [0.25, 0.3) is 0 Å². The molecule has 2 atom stereocenters. The standard InChI is InChI=1S/C58H112O6/c1-6-8-9-10-11-12-13-23-28-33-38-43-48-56(59)62-51-55(64-58(61)50-45-40-35-30-25-26-31-36-41-46-53(3)4)52-63-57(60)49-44-39-34-29-24-21-19-17-15-14-16-18-20-22-27-32-37-42-47-54(5)7-2/h53-55H,6-52H2,1-5H3/t54?,55-/m1/s1. The maximum Gasteiger partial charge on any atom is 0.306 e. The highest BCUT2D eigenvalue weighted by atomic mass is 16.6. The second-order valence-corrected chi connectivity index (χ2v) is 20.6. The second kappa shape index (κ2) is 50.8. The highest BCUT2D eigenvalue weighted by Crippen LogP contribution is 2.18. The van der Waals surface area contributed by atoms with Crippen LogP contribution in [-0.2, 0) is 28.6 Å². The number of carbonyl (C=O) groups excluding carboxylic acids is 3. The molecular formula is C58H112O6. The number of hydrogen-bond acceptors (Lipinski definition) is 6. The summed E-state index contributed by atoms with van der Waals surface area (Å²) in [5, 5.41) is 0. The van der Waals surface area contributed by atoms with E-state index >= 15 is 0 Å². The molecule has 0 rings (SSSR count). The van der Waals surface area contributed by atoms with Crippen LogP contribution in [0.1, 0.15) is 324 Å². The van der Waals surface area contributed by atoms with E-state index in [9.17, 15) is 14.4 Å². The monoisotopic (exact) mass is 905 g/mol. The van der Waals surface area contributed by atoms with Crippen LogP contribution in [0.4, 0.5) is 0 Å². The SMILES string of the molecule is CCCCCCCCCCCCCCC(=O)OC[C@H](COC(=O)CCCCCCCCCCCCCCCCCCCCC(C)CC)OC(=O)CCCCCCCCCCCC(C)C. The molecule has 0 aliphatic carbocycles. The van der Waals surface area contributed by atoms with Crippen molar-refractivity contribution in [3.8, 4) is 0 Å². The molecule has 6 heteroatoms. The van der Waals surface area contributed by atoms with Crippen LogP contribution >= 0.6 is 0 Å². The summed E-state index contributed by atoms with van der Waals surface area (Å²) >= 11 is 0. The average molecular weight is 906 g/mol. The Labute approximate surface area is 399 Å². The van der Waals surface area contributed by atoms with Gasteiger partial charge in [0.05, 0.1) is 0 Å². The third-order valence-corrected chi connectivity index (χ3v) is 13.6. The Morgan fingerprint density at radius 3 is 0.891 bits per heavy atom. The van der Waals surface area contributed by atoms with E-state index in [1.807, 2.05) is 0 Å². The smallest absolute Gasteiger partial charge is 0.306 e. The number of rotatable bonds is 52. The van der Waals surface area contributed by atoms with E-state index < -0.39 is 6.10 Å². The molecule has 0 saturated carbocycles. The first-order valence-corrected chi connectivity index (χ1v) is 28.8. The van der Waals surface area contributed by atoms with Gasteiger partial charge in [0.15, 0.2) is 6.10 Å². The minimum atomic E-state index is -0.762. The minimum Gasteiger partial charge on any atom is -0.462 e. The summed E-state index contributed by atoms with van der Waals surface area (Å²) in [4.78, 5) is 38.0. The van der Waals surface area contributed by atoms with E-state index in [0.717, 1.165) is 69.6 Å². The van der Waals surface area contributed by atoms with Crippen LogP contribution in [0, 0.1) is 11.8 Å². The molecule has 0 heterocycles. The van der Waals surface area contributed by atoms with Crippen molar-refractivity contribution in [3.63, 3.8) is 0 Å². The van der Waals surface area contributed by atoms with Crippen molar-refractivity contribution >= 4 is 17.9 Å². The van der Waals surface area contributed by atoms with Gasteiger partial charge in [0, 0.05) is 19.3 Å².